The Morgan fingerprint density at radius 2 is 1.87 bits per heavy atom. The van der Waals surface area contributed by atoms with Gasteiger partial charge in [0, 0.05) is 32.4 Å². The Kier molecular flexibility index (Phi) is 5.93. The normalized spacial score (nSPS) is 16.9. The van der Waals surface area contributed by atoms with E-state index in [0.29, 0.717) is 29.5 Å². The molecule has 0 unspecified atom stereocenters. The van der Waals surface area contributed by atoms with E-state index in [1.54, 1.807) is 41.9 Å². The van der Waals surface area contributed by atoms with Crippen LogP contribution in [0.4, 0.5) is 5.95 Å². The zero-order chi connectivity index (χ0) is 22.0. The van der Waals surface area contributed by atoms with E-state index in [1.165, 1.54) is 0 Å². The Hall–Kier alpha value is -2.97. The van der Waals surface area contributed by atoms with E-state index in [9.17, 15) is 8.42 Å². The molecule has 1 atom stereocenters. The first-order chi connectivity index (χ1) is 14.9. The van der Waals surface area contributed by atoms with Crippen molar-refractivity contribution >= 4 is 16.0 Å². The molecule has 162 valence electrons. The quantitative estimate of drug-likeness (QED) is 0.584. The SMILES string of the molecule is COc1cccc(-c2cnc(N(C)C)nc2[C@H]2CCCN2S(=O)(=O)c2ccccc2)c1. The molecule has 1 aromatic heterocycles. The topological polar surface area (TPSA) is 75.6 Å². The van der Waals surface area contributed by atoms with Gasteiger partial charge in [-0.15, -0.1) is 0 Å². The monoisotopic (exact) mass is 438 g/mol. The van der Waals surface area contributed by atoms with E-state index in [0.717, 1.165) is 23.3 Å². The van der Waals surface area contributed by atoms with Crippen molar-refractivity contribution in [2.24, 2.45) is 0 Å². The highest BCUT2D eigenvalue weighted by Gasteiger charge is 2.38. The van der Waals surface area contributed by atoms with E-state index in [4.69, 9.17) is 9.72 Å². The number of anilines is 1. The lowest BCUT2D eigenvalue weighted by Crippen LogP contribution is -2.31. The summed E-state index contributed by atoms with van der Waals surface area (Å²) < 4.78 is 33.8. The Morgan fingerprint density at radius 3 is 2.58 bits per heavy atom. The Morgan fingerprint density at radius 1 is 1.10 bits per heavy atom. The molecule has 1 aliphatic heterocycles. The zero-order valence-electron chi connectivity index (χ0n) is 17.9. The van der Waals surface area contributed by atoms with Crippen molar-refractivity contribution in [1.29, 1.82) is 0 Å². The summed E-state index contributed by atoms with van der Waals surface area (Å²) in [5, 5.41) is 0. The van der Waals surface area contributed by atoms with Gasteiger partial charge in [-0.1, -0.05) is 30.3 Å². The molecule has 2 heterocycles. The third-order valence-corrected chi connectivity index (χ3v) is 7.38. The fourth-order valence-electron chi connectivity index (χ4n) is 3.90. The lowest BCUT2D eigenvalue weighted by molar-refractivity contribution is 0.391. The third-order valence-electron chi connectivity index (χ3n) is 5.46. The molecule has 0 bridgehead atoms. The maximum Gasteiger partial charge on any atom is 0.243 e. The molecule has 0 radical (unpaired) electrons. The number of hydrogen-bond acceptors (Lipinski definition) is 6. The third kappa shape index (κ3) is 4.13. The molecule has 0 aliphatic carbocycles. The molecule has 1 fully saturated rings. The van der Waals surface area contributed by atoms with Gasteiger partial charge >= 0.3 is 0 Å². The van der Waals surface area contributed by atoms with Gasteiger partial charge in [0.25, 0.3) is 0 Å². The van der Waals surface area contributed by atoms with Crippen LogP contribution in [0.15, 0.2) is 65.7 Å². The molecule has 0 N–H and O–H groups in total. The van der Waals surface area contributed by atoms with E-state index in [-0.39, 0.29) is 6.04 Å². The molecule has 0 amide bonds. The summed E-state index contributed by atoms with van der Waals surface area (Å²) >= 11 is 0. The maximum atomic E-state index is 13.4. The van der Waals surface area contributed by atoms with Crippen LogP contribution in [0.2, 0.25) is 0 Å². The standard InChI is InChI=1S/C23H26N4O3S/c1-26(2)23-24-16-20(17-9-7-10-18(15-17)30-3)22(25-23)21-13-8-14-27(21)31(28,29)19-11-5-4-6-12-19/h4-7,9-12,15-16,21H,8,13-14H2,1-3H3/t21-/m1/s1. The van der Waals surface area contributed by atoms with Gasteiger partial charge in [-0.2, -0.15) is 4.31 Å². The van der Waals surface area contributed by atoms with Crippen LogP contribution in [0, 0.1) is 0 Å². The maximum absolute atomic E-state index is 13.4. The van der Waals surface area contributed by atoms with Crippen molar-refractivity contribution in [3.8, 4) is 16.9 Å². The lowest BCUT2D eigenvalue weighted by atomic mass is 10.00. The Balaban J connectivity index is 1.84. The molecule has 3 aromatic rings. The Labute approximate surface area is 183 Å². The molecule has 1 aliphatic rings. The molecule has 0 spiro atoms. The predicted octanol–water partition coefficient (Wildman–Crippen LogP) is 3.74. The first-order valence-electron chi connectivity index (χ1n) is 10.2. The van der Waals surface area contributed by atoms with E-state index in [1.807, 2.05) is 49.3 Å². The molecule has 7 nitrogen and oxygen atoms in total. The number of ether oxygens (including phenoxy) is 1. The minimum atomic E-state index is -3.65. The van der Waals surface area contributed by atoms with Crippen LogP contribution >= 0.6 is 0 Å². The number of benzene rings is 2. The van der Waals surface area contributed by atoms with Crippen LogP contribution in [0.3, 0.4) is 0 Å². The van der Waals surface area contributed by atoms with E-state index >= 15 is 0 Å². The Bertz CT molecular complexity index is 1170. The van der Waals surface area contributed by atoms with Gasteiger partial charge in [-0.3, -0.25) is 0 Å². The van der Waals surface area contributed by atoms with Gasteiger partial charge in [-0.25, -0.2) is 18.4 Å². The van der Waals surface area contributed by atoms with Gasteiger partial charge in [0.15, 0.2) is 0 Å². The van der Waals surface area contributed by atoms with Crippen molar-refractivity contribution in [3.05, 3.63) is 66.5 Å². The van der Waals surface area contributed by atoms with Crippen molar-refractivity contribution in [2.45, 2.75) is 23.8 Å². The van der Waals surface area contributed by atoms with Crippen molar-refractivity contribution in [3.63, 3.8) is 0 Å². The molecule has 0 saturated carbocycles. The first kappa shape index (κ1) is 21.3. The van der Waals surface area contributed by atoms with Crippen molar-refractivity contribution in [2.75, 3.05) is 32.6 Å². The van der Waals surface area contributed by atoms with Gasteiger partial charge in [0.05, 0.1) is 23.7 Å². The molecule has 1 saturated heterocycles. The van der Waals surface area contributed by atoms with Gasteiger partial charge < -0.3 is 9.64 Å². The highest BCUT2D eigenvalue weighted by molar-refractivity contribution is 7.89. The first-order valence-corrected chi connectivity index (χ1v) is 11.6. The van der Waals surface area contributed by atoms with Gasteiger partial charge in [0.1, 0.15) is 5.75 Å². The summed E-state index contributed by atoms with van der Waals surface area (Å²) in [7, 11) is 1.72. The molecule has 8 heteroatoms. The average molecular weight is 439 g/mol. The second kappa shape index (κ2) is 8.64. The fraction of sp³-hybridized carbons (Fsp3) is 0.304. The number of rotatable bonds is 6. The predicted molar refractivity (Wildman–Crippen MR) is 121 cm³/mol. The minimum absolute atomic E-state index is 0.298. The minimum Gasteiger partial charge on any atom is -0.497 e. The van der Waals surface area contributed by atoms with Crippen LogP contribution in [0.25, 0.3) is 11.1 Å². The number of aromatic nitrogens is 2. The summed E-state index contributed by atoms with van der Waals surface area (Å²) in [5.41, 5.74) is 2.41. The zero-order valence-corrected chi connectivity index (χ0v) is 18.7. The number of methoxy groups -OCH3 is 1. The molecule has 4 rings (SSSR count). The van der Waals surface area contributed by atoms with Crippen LogP contribution in [-0.4, -0.2) is 50.4 Å². The highest BCUT2D eigenvalue weighted by Crippen LogP contribution is 2.40. The smallest absolute Gasteiger partial charge is 0.243 e. The molecule has 31 heavy (non-hydrogen) atoms. The lowest BCUT2D eigenvalue weighted by Gasteiger charge is -2.26. The summed E-state index contributed by atoms with van der Waals surface area (Å²) in [4.78, 5) is 11.4. The molecular weight excluding hydrogens is 412 g/mol. The van der Waals surface area contributed by atoms with Crippen LogP contribution in [0.1, 0.15) is 24.6 Å². The average Bonchev–Trinajstić information content (AvgIpc) is 3.30. The largest absolute Gasteiger partial charge is 0.497 e. The van der Waals surface area contributed by atoms with Gasteiger partial charge in [-0.05, 0) is 42.7 Å². The fourth-order valence-corrected chi connectivity index (χ4v) is 5.58. The molecule has 2 aromatic carbocycles. The number of sulfonamides is 1. The van der Waals surface area contributed by atoms with Crippen LogP contribution in [0.5, 0.6) is 5.75 Å². The van der Waals surface area contributed by atoms with Crippen molar-refractivity contribution in [1.82, 2.24) is 14.3 Å². The second-order valence-corrected chi connectivity index (χ2v) is 9.57. The highest BCUT2D eigenvalue weighted by atomic mass is 32.2. The van der Waals surface area contributed by atoms with E-state index < -0.39 is 10.0 Å². The summed E-state index contributed by atoms with van der Waals surface area (Å²) in [6.07, 6.45) is 3.25. The summed E-state index contributed by atoms with van der Waals surface area (Å²) in [6, 6.07) is 15.9. The summed E-state index contributed by atoms with van der Waals surface area (Å²) in [5.74, 6) is 1.27. The number of hydrogen-bond donors (Lipinski definition) is 0. The second-order valence-electron chi connectivity index (χ2n) is 7.68. The summed E-state index contributed by atoms with van der Waals surface area (Å²) in [6.45, 7) is 0.459. The van der Waals surface area contributed by atoms with E-state index in [2.05, 4.69) is 4.98 Å². The molecular formula is C23H26N4O3S. The van der Waals surface area contributed by atoms with Gasteiger partial charge in [0.2, 0.25) is 16.0 Å². The van der Waals surface area contributed by atoms with Crippen molar-refractivity contribution < 1.29 is 13.2 Å². The number of nitrogens with zero attached hydrogens (tertiary/aromatic N) is 4. The van der Waals surface area contributed by atoms with Crippen LogP contribution in [-0.2, 0) is 10.0 Å². The van der Waals surface area contributed by atoms with Crippen LogP contribution < -0.4 is 9.64 Å².